The molecule has 1 heterocycles. The van der Waals surface area contributed by atoms with Crippen molar-refractivity contribution in [3.05, 3.63) is 72.8 Å². The highest BCUT2D eigenvalue weighted by atomic mass is 35.5. The summed E-state index contributed by atoms with van der Waals surface area (Å²) in [6.45, 7) is 0. The van der Waals surface area contributed by atoms with Crippen LogP contribution in [0, 0.1) is 0 Å². The van der Waals surface area contributed by atoms with Gasteiger partial charge in [-0.05, 0) is 43.4 Å². The van der Waals surface area contributed by atoms with E-state index in [1.54, 1.807) is 24.3 Å². The average molecular weight is 400 g/mol. The maximum absolute atomic E-state index is 11.9. The van der Waals surface area contributed by atoms with Crippen molar-refractivity contribution in [2.24, 2.45) is 0 Å². The number of rotatable bonds is 4. The third-order valence-electron chi connectivity index (χ3n) is 4.29. The number of sulfonamides is 1. The molecule has 2 N–H and O–H groups in total. The molecule has 0 unspecified atom stereocenters. The minimum atomic E-state index is -3.44. The van der Waals surface area contributed by atoms with E-state index in [1.165, 1.54) is 7.05 Å². The Morgan fingerprint density at radius 3 is 1.81 bits per heavy atom. The monoisotopic (exact) mass is 399 g/mol. The lowest BCUT2D eigenvalue weighted by atomic mass is 10.1. The van der Waals surface area contributed by atoms with E-state index < -0.39 is 10.0 Å². The number of nitrogens with zero attached hydrogens (tertiary/aromatic N) is 1. The van der Waals surface area contributed by atoms with Gasteiger partial charge >= 0.3 is 0 Å². The Morgan fingerprint density at radius 2 is 1.30 bits per heavy atom. The first-order valence-corrected chi connectivity index (χ1v) is 9.65. The fraction of sp³-hybridized carbons (Fsp3) is 0.0500. The first kappa shape index (κ1) is 19.1. The summed E-state index contributed by atoms with van der Waals surface area (Å²) in [4.78, 5) is 4.94. The van der Waals surface area contributed by atoms with Crippen molar-refractivity contribution in [2.75, 3.05) is 12.4 Å². The van der Waals surface area contributed by atoms with Crippen LogP contribution in [0.1, 0.15) is 0 Å². The van der Waals surface area contributed by atoms with E-state index in [2.05, 4.69) is 10.0 Å². The molecule has 5 nitrogen and oxygen atoms in total. The van der Waals surface area contributed by atoms with Crippen molar-refractivity contribution in [3.8, 4) is 0 Å². The average Bonchev–Trinajstić information content (AvgIpc) is 2.68. The lowest BCUT2D eigenvalue weighted by molar-refractivity contribution is 0.588. The number of nitrogens with one attached hydrogen (secondary N) is 2. The van der Waals surface area contributed by atoms with Crippen molar-refractivity contribution < 1.29 is 8.42 Å². The maximum Gasteiger partial charge on any atom is 0.240 e. The predicted octanol–water partition coefficient (Wildman–Crippen LogP) is 4.46. The minimum Gasteiger partial charge on any atom is -0.354 e. The SMILES string of the molecule is CNS(=O)(=O)c1ccc(Nc2c3ccccc3nc3ccccc23)cc1.Cl. The smallest absolute Gasteiger partial charge is 0.240 e. The van der Waals surface area contributed by atoms with Gasteiger partial charge in [0.2, 0.25) is 10.0 Å². The van der Waals surface area contributed by atoms with E-state index in [0.717, 1.165) is 33.2 Å². The van der Waals surface area contributed by atoms with Crippen LogP contribution in [0.15, 0.2) is 77.7 Å². The van der Waals surface area contributed by atoms with Crippen molar-refractivity contribution in [3.63, 3.8) is 0 Å². The van der Waals surface area contributed by atoms with Crippen LogP contribution in [0.4, 0.5) is 11.4 Å². The maximum atomic E-state index is 11.9. The van der Waals surface area contributed by atoms with E-state index in [9.17, 15) is 8.42 Å². The highest BCUT2D eigenvalue weighted by molar-refractivity contribution is 7.89. The number of halogens is 1. The molecule has 0 aliphatic heterocycles. The molecule has 4 rings (SSSR count). The molecule has 0 atom stereocenters. The minimum absolute atomic E-state index is 0. The molecule has 3 aromatic carbocycles. The summed E-state index contributed by atoms with van der Waals surface area (Å²) in [5.74, 6) is 0. The Bertz CT molecular complexity index is 1160. The zero-order chi connectivity index (χ0) is 18.1. The second-order valence-corrected chi connectivity index (χ2v) is 7.76. The zero-order valence-corrected chi connectivity index (χ0v) is 16.1. The van der Waals surface area contributed by atoms with Gasteiger partial charge in [-0.2, -0.15) is 0 Å². The molecule has 4 aromatic rings. The second-order valence-electron chi connectivity index (χ2n) is 5.88. The standard InChI is InChI=1S/C20H17N3O2S.ClH/c1-21-26(24,25)15-12-10-14(11-13-15)22-20-16-6-2-4-8-18(16)23-19-9-5-3-7-17(19)20;/h2-13,21H,1H3,(H,22,23);1H. The zero-order valence-electron chi connectivity index (χ0n) is 14.5. The molecule has 0 aliphatic rings. The van der Waals surface area contributed by atoms with E-state index >= 15 is 0 Å². The number of benzene rings is 3. The highest BCUT2D eigenvalue weighted by Gasteiger charge is 2.12. The van der Waals surface area contributed by atoms with Crippen LogP contribution in [0.25, 0.3) is 21.8 Å². The van der Waals surface area contributed by atoms with E-state index in [4.69, 9.17) is 4.98 Å². The van der Waals surface area contributed by atoms with Crippen LogP contribution in [-0.2, 0) is 10.0 Å². The van der Waals surface area contributed by atoms with Crippen molar-refractivity contribution in [2.45, 2.75) is 4.90 Å². The van der Waals surface area contributed by atoms with Gasteiger partial charge in [0.1, 0.15) is 0 Å². The molecule has 0 saturated carbocycles. The summed E-state index contributed by atoms with van der Waals surface area (Å²) >= 11 is 0. The van der Waals surface area contributed by atoms with Gasteiger partial charge in [0.05, 0.1) is 21.6 Å². The summed E-state index contributed by atoms with van der Waals surface area (Å²) < 4.78 is 26.1. The molecular formula is C20H18ClN3O2S. The topological polar surface area (TPSA) is 71.1 Å². The van der Waals surface area contributed by atoms with Gasteiger partial charge in [-0.25, -0.2) is 18.1 Å². The Hall–Kier alpha value is -2.67. The summed E-state index contributed by atoms with van der Waals surface area (Å²) in [5, 5.41) is 5.46. The molecule has 7 heteroatoms. The predicted molar refractivity (Wildman–Crippen MR) is 112 cm³/mol. The molecule has 0 bridgehead atoms. The summed E-state index contributed by atoms with van der Waals surface area (Å²) in [7, 11) is -2.05. The molecule has 0 saturated heterocycles. The third-order valence-corrected chi connectivity index (χ3v) is 5.72. The normalized spacial score (nSPS) is 11.3. The van der Waals surface area contributed by atoms with Gasteiger partial charge in [0.15, 0.2) is 0 Å². The van der Waals surface area contributed by atoms with Crippen LogP contribution < -0.4 is 10.0 Å². The Balaban J connectivity index is 0.00000210. The number of fused-ring (bicyclic) bond motifs is 2. The summed E-state index contributed by atoms with van der Waals surface area (Å²) in [6, 6.07) is 22.6. The van der Waals surface area contributed by atoms with Crippen LogP contribution >= 0.6 is 12.4 Å². The van der Waals surface area contributed by atoms with Crippen LogP contribution in [0.5, 0.6) is 0 Å². The summed E-state index contributed by atoms with van der Waals surface area (Å²) in [6.07, 6.45) is 0. The van der Waals surface area contributed by atoms with E-state index in [-0.39, 0.29) is 17.3 Å². The molecule has 0 amide bonds. The molecule has 0 spiro atoms. The van der Waals surface area contributed by atoms with Crippen molar-refractivity contribution in [1.82, 2.24) is 9.71 Å². The first-order chi connectivity index (χ1) is 12.6. The Morgan fingerprint density at radius 1 is 0.778 bits per heavy atom. The molecular weight excluding hydrogens is 382 g/mol. The first-order valence-electron chi connectivity index (χ1n) is 8.16. The van der Waals surface area contributed by atoms with Crippen LogP contribution in [0.2, 0.25) is 0 Å². The lowest BCUT2D eigenvalue weighted by Gasteiger charge is -2.13. The van der Waals surface area contributed by atoms with Gasteiger partial charge < -0.3 is 5.32 Å². The number of para-hydroxylation sites is 2. The van der Waals surface area contributed by atoms with Gasteiger partial charge in [0, 0.05) is 16.5 Å². The van der Waals surface area contributed by atoms with Gasteiger partial charge in [-0.3, -0.25) is 0 Å². The lowest BCUT2D eigenvalue weighted by Crippen LogP contribution is -2.18. The fourth-order valence-corrected chi connectivity index (χ4v) is 3.68. The third kappa shape index (κ3) is 3.60. The second kappa shape index (κ2) is 7.52. The number of aromatic nitrogens is 1. The van der Waals surface area contributed by atoms with Crippen LogP contribution in [-0.4, -0.2) is 20.4 Å². The quantitative estimate of drug-likeness (QED) is 0.497. The fourth-order valence-electron chi connectivity index (χ4n) is 2.95. The highest BCUT2D eigenvalue weighted by Crippen LogP contribution is 2.33. The molecule has 0 radical (unpaired) electrons. The van der Waals surface area contributed by atoms with E-state index in [1.807, 2.05) is 48.5 Å². The summed E-state index contributed by atoms with van der Waals surface area (Å²) in [5.41, 5.74) is 3.57. The molecule has 138 valence electrons. The largest absolute Gasteiger partial charge is 0.354 e. The number of pyridine rings is 1. The Labute approximate surface area is 163 Å². The van der Waals surface area contributed by atoms with Crippen molar-refractivity contribution in [1.29, 1.82) is 0 Å². The van der Waals surface area contributed by atoms with Crippen molar-refractivity contribution >= 4 is 55.6 Å². The van der Waals surface area contributed by atoms with Gasteiger partial charge in [-0.15, -0.1) is 12.4 Å². The molecule has 0 aliphatic carbocycles. The molecule has 1 aromatic heterocycles. The van der Waals surface area contributed by atoms with Crippen LogP contribution in [0.3, 0.4) is 0 Å². The van der Waals surface area contributed by atoms with E-state index in [0.29, 0.717) is 0 Å². The van der Waals surface area contributed by atoms with Gasteiger partial charge in [0.25, 0.3) is 0 Å². The molecule has 0 fully saturated rings. The Kier molecular flexibility index (Phi) is 5.32. The van der Waals surface area contributed by atoms with Gasteiger partial charge in [-0.1, -0.05) is 36.4 Å². The number of hydrogen-bond donors (Lipinski definition) is 2. The number of anilines is 2. The number of hydrogen-bond acceptors (Lipinski definition) is 4. The molecule has 27 heavy (non-hydrogen) atoms.